The Kier molecular flexibility index (Phi) is 7.02. The van der Waals surface area contributed by atoms with Crippen molar-refractivity contribution in [3.63, 3.8) is 0 Å². The van der Waals surface area contributed by atoms with Crippen molar-refractivity contribution < 1.29 is 17.2 Å². The second kappa shape index (κ2) is 9.60. The average molecular weight is 537 g/mol. The zero-order valence-corrected chi connectivity index (χ0v) is 22.4. The van der Waals surface area contributed by atoms with Gasteiger partial charge in [0, 0.05) is 20.6 Å². The van der Waals surface area contributed by atoms with Crippen LogP contribution in [0.2, 0.25) is 5.02 Å². The molecule has 0 aliphatic heterocycles. The van der Waals surface area contributed by atoms with Gasteiger partial charge in [-0.05, 0) is 55.4 Å². The Morgan fingerprint density at radius 3 is 2.47 bits per heavy atom. The van der Waals surface area contributed by atoms with Crippen LogP contribution < -0.4 is 14.9 Å². The Morgan fingerprint density at radius 2 is 1.89 bits per heavy atom. The van der Waals surface area contributed by atoms with Crippen molar-refractivity contribution in [2.24, 2.45) is 17.6 Å². The number of benzene rings is 1. The van der Waals surface area contributed by atoms with Gasteiger partial charge in [0.1, 0.15) is 11.6 Å². The highest BCUT2D eigenvalue weighted by Gasteiger charge is 2.34. The molecule has 1 aliphatic rings. The molecule has 9 nitrogen and oxygen atoms in total. The maximum Gasteiger partial charge on any atom is 0.249 e. The van der Waals surface area contributed by atoms with Gasteiger partial charge in [-0.3, -0.25) is 4.31 Å². The second-order valence-corrected chi connectivity index (χ2v) is 12.3. The number of nitrogens with zero attached hydrogens (tertiary/aromatic N) is 5. The van der Waals surface area contributed by atoms with Gasteiger partial charge < -0.3 is 15.1 Å². The summed E-state index contributed by atoms with van der Waals surface area (Å²) in [6.45, 7) is 4.70. The first-order valence-corrected chi connectivity index (χ1v) is 13.7. The van der Waals surface area contributed by atoms with Crippen LogP contribution in [0.3, 0.4) is 0 Å². The maximum absolute atomic E-state index is 13.3. The van der Waals surface area contributed by atoms with Crippen molar-refractivity contribution in [3.8, 4) is 11.5 Å². The Balaban J connectivity index is 1.71. The number of aromatic nitrogens is 3. The van der Waals surface area contributed by atoms with Gasteiger partial charge in [-0.15, -0.1) is 10.2 Å². The molecule has 0 radical (unpaired) electrons. The molecule has 1 fully saturated rings. The fraction of sp³-hybridized carbons (Fsp3) is 0.458. The second-order valence-electron chi connectivity index (χ2n) is 9.88. The molecule has 0 bridgehead atoms. The molecule has 0 spiro atoms. The van der Waals surface area contributed by atoms with E-state index in [1.165, 1.54) is 19.2 Å². The van der Waals surface area contributed by atoms with Gasteiger partial charge in [-0.25, -0.2) is 17.8 Å². The van der Waals surface area contributed by atoms with E-state index in [-0.39, 0.29) is 28.4 Å². The standard InChI is InChI=1S/C24H30ClFN6O3S/c1-14-10-16(14)13-31(3)19-11-18(20(25)21(28-19)32(4)36(5,33)34)22-29-30-23(35-22)24(2,27)12-15-6-8-17(26)9-7-15/h6-9,11,14,16H,10,12-13,27H2,1-5H3. The normalized spacial score (nSPS) is 19.1. The van der Waals surface area contributed by atoms with Crippen molar-refractivity contribution in [2.75, 3.05) is 36.1 Å². The summed E-state index contributed by atoms with van der Waals surface area (Å²) in [5, 5.41) is 8.37. The minimum atomic E-state index is -3.64. The van der Waals surface area contributed by atoms with E-state index in [2.05, 4.69) is 22.1 Å². The summed E-state index contributed by atoms with van der Waals surface area (Å²) in [6.07, 6.45) is 2.54. The third kappa shape index (κ3) is 5.63. The van der Waals surface area contributed by atoms with Gasteiger partial charge in [0.15, 0.2) is 5.82 Å². The van der Waals surface area contributed by atoms with Crippen molar-refractivity contribution in [1.29, 1.82) is 0 Å². The summed E-state index contributed by atoms with van der Waals surface area (Å²) in [4.78, 5) is 6.51. The van der Waals surface area contributed by atoms with E-state index in [9.17, 15) is 12.8 Å². The van der Waals surface area contributed by atoms with Crippen molar-refractivity contribution in [3.05, 3.63) is 52.6 Å². The van der Waals surface area contributed by atoms with Crippen molar-refractivity contribution in [1.82, 2.24) is 15.2 Å². The molecular formula is C24H30ClFN6O3S. The summed E-state index contributed by atoms with van der Waals surface area (Å²) >= 11 is 6.65. The van der Waals surface area contributed by atoms with Crippen molar-refractivity contribution in [2.45, 2.75) is 32.2 Å². The van der Waals surface area contributed by atoms with Crippen molar-refractivity contribution >= 4 is 33.3 Å². The SMILES string of the molecule is CC1CC1CN(C)c1cc(-c2nnc(C(C)(N)Cc3ccc(F)cc3)o2)c(Cl)c(N(C)S(C)(=O)=O)n1. The molecule has 3 aromatic rings. The lowest BCUT2D eigenvalue weighted by atomic mass is 9.94. The number of anilines is 2. The third-order valence-corrected chi connectivity index (χ3v) is 8.07. The summed E-state index contributed by atoms with van der Waals surface area (Å²) < 4.78 is 44.9. The highest BCUT2D eigenvalue weighted by molar-refractivity contribution is 7.92. The third-order valence-electron chi connectivity index (χ3n) is 6.53. The minimum absolute atomic E-state index is 0.0592. The fourth-order valence-corrected chi connectivity index (χ4v) is 4.78. The number of hydrogen-bond donors (Lipinski definition) is 1. The average Bonchev–Trinajstić information content (AvgIpc) is 3.27. The van der Waals surface area contributed by atoms with E-state index in [4.69, 9.17) is 21.8 Å². The summed E-state index contributed by atoms with van der Waals surface area (Å²) in [7, 11) is -0.356. The largest absolute Gasteiger partial charge is 0.419 e. The van der Waals surface area contributed by atoms with Crippen LogP contribution in [0.1, 0.15) is 31.7 Å². The van der Waals surface area contributed by atoms with Gasteiger partial charge in [0.2, 0.25) is 21.8 Å². The maximum atomic E-state index is 13.3. The monoisotopic (exact) mass is 536 g/mol. The first-order valence-electron chi connectivity index (χ1n) is 11.5. The summed E-state index contributed by atoms with van der Waals surface area (Å²) in [5.41, 5.74) is 6.60. The number of rotatable bonds is 9. The summed E-state index contributed by atoms with van der Waals surface area (Å²) in [6, 6.07) is 7.73. The molecule has 1 aliphatic carbocycles. The highest BCUT2D eigenvalue weighted by Crippen LogP contribution is 2.41. The highest BCUT2D eigenvalue weighted by atomic mass is 35.5. The molecule has 2 aromatic heterocycles. The predicted molar refractivity (Wildman–Crippen MR) is 138 cm³/mol. The van der Waals surface area contributed by atoms with Gasteiger partial charge >= 0.3 is 0 Å². The lowest BCUT2D eigenvalue weighted by Gasteiger charge is -2.23. The lowest BCUT2D eigenvalue weighted by Crippen LogP contribution is -2.35. The van der Waals surface area contributed by atoms with Gasteiger partial charge in [0.25, 0.3) is 0 Å². The van der Waals surface area contributed by atoms with E-state index in [1.807, 2.05) is 11.9 Å². The summed E-state index contributed by atoms with van der Waals surface area (Å²) in [5.74, 6) is 1.69. The fourth-order valence-electron chi connectivity index (χ4n) is 3.98. The zero-order chi connectivity index (χ0) is 26.4. The smallest absolute Gasteiger partial charge is 0.249 e. The van der Waals surface area contributed by atoms with Crippen LogP contribution in [0.25, 0.3) is 11.5 Å². The topological polar surface area (TPSA) is 118 Å². The number of sulfonamides is 1. The molecule has 0 amide bonds. The van der Waals surface area contributed by atoms with E-state index >= 15 is 0 Å². The van der Waals surface area contributed by atoms with Gasteiger partial charge in [-0.2, -0.15) is 0 Å². The van der Waals surface area contributed by atoms with Gasteiger partial charge in [0.05, 0.1) is 22.4 Å². The zero-order valence-electron chi connectivity index (χ0n) is 20.9. The molecule has 1 aromatic carbocycles. The molecule has 4 rings (SSSR count). The van der Waals surface area contributed by atoms with Crippen LogP contribution in [0.15, 0.2) is 34.7 Å². The van der Waals surface area contributed by atoms with Crippen LogP contribution in [0.4, 0.5) is 16.0 Å². The number of halogens is 2. The molecule has 3 atom stereocenters. The molecule has 0 saturated heterocycles. The van der Waals surface area contributed by atoms with Crippen LogP contribution in [-0.2, 0) is 22.0 Å². The lowest BCUT2D eigenvalue weighted by molar-refractivity contribution is 0.355. The van der Waals surface area contributed by atoms with E-state index in [0.29, 0.717) is 29.6 Å². The molecule has 1 saturated carbocycles. The molecular weight excluding hydrogens is 507 g/mol. The first kappa shape index (κ1) is 26.3. The van der Waals surface area contributed by atoms with E-state index < -0.39 is 15.6 Å². The Morgan fingerprint density at radius 1 is 1.25 bits per heavy atom. The van der Waals surface area contributed by atoms with E-state index in [0.717, 1.165) is 29.1 Å². The quantitative estimate of drug-likeness (QED) is 0.438. The predicted octanol–water partition coefficient (Wildman–Crippen LogP) is 3.83. The van der Waals surface area contributed by atoms with E-state index in [1.54, 1.807) is 25.1 Å². The molecule has 36 heavy (non-hydrogen) atoms. The minimum Gasteiger partial charge on any atom is -0.419 e. The van der Waals surface area contributed by atoms with Crippen LogP contribution in [-0.4, -0.2) is 50.5 Å². The molecule has 194 valence electrons. The molecule has 2 N–H and O–H groups in total. The molecule has 12 heteroatoms. The van der Waals surface area contributed by atoms with Crippen LogP contribution >= 0.6 is 11.6 Å². The van der Waals surface area contributed by atoms with Crippen LogP contribution in [0, 0.1) is 17.7 Å². The Labute approximate surface area is 215 Å². The first-order chi connectivity index (χ1) is 16.8. The Bertz CT molecular complexity index is 1360. The number of nitrogens with two attached hydrogens (primary N) is 1. The molecule has 3 unspecified atom stereocenters. The molecule has 2 heterocycles. The number of hydrogen-bond acceptors (Lipinski definition) is 8. The number of pyridine rings is 1. The van der Waals surface area contributed by atoms with Crippen LogP contribution in [0.5, 0.6) is 0 Å². The Hall–Kier alpha value is -2.76. The van der Waals surface area contributed by atoms with Gasteiger partial charge in [-0.1, -0.05) is 30.7 Å².